The average molecular weight is 415 g/mol. The maximum atomic E-state index is 13.1. The highest BCUT2D eigenvalue weighted by molar-refractivity contribution is 14.1. The van der Waals surface area contributed by atoms with E-state index in [-0.39, 0.29) is 5.82 Å². The molecule has 0 aliphatic heterocycles. The summed E-state index contributed by atoms with van der Waals surface area (Å²) in [4.78, 5) is 0. The Morgan fingerprint density at radius 3 is 2.28 bits per heavy atom. The lowest BCUT2D eigenvalue weighted by atomic mass is 10.0. The molecule has 18 heavy (non-hydrogen) atoms. The summed E-state index contributed by atoms with van der Waals surface area (Å²) >= 11 is 20.4. The molecule has 94 valence electrons. The molecule has 0 saturated carbocycles. The van der Waals surface area contributed by atoms with Gasteiger partial charge in [-0.15, -0.1) is 11.6 Å². The van der Waals surface area contributed by atoms with Gasteiger partial charge in [0.25, 0.3) is 0 Å². The summed E-state index contributed by atoms with van der Waals surface area (Å²) in [5.74, 6) is -0.283. The van der Waals surface area contributed by atoms with E-state index in [9.17, 15) is 4.39 Å². The summed E-state index contributed by atoms with van der Waals surface area (Å²) in [7, 11) is 0. The molecule has 0 amide bonds. The molecular formula is C13H7Cl3FI. The first-order valence-corrected chi connectivity index (χ1v) is 7.30. The molecule has 0 fully saturated rings. The minimum Gasteiger partial charge on any atom is -0.207 e. The van der Waals surface area contributed by atoms with Crippen molar-refractivity contribution in [1.29, 1.82) is 0 Å². The van der Waals surface area contributed by atoms with Crippen LogP contribution >= 0.6 is 57.4 Å². The molecule has 2 rings (SSSR count). The van der Waals surface area contributed by atoms with Gasteiger partial charge in [-0.1, -0.05) is 35.3 Å². The lowest BCUT2D eigenvalue weighted by Gasteiger charge is -2.14. The molecule has 0 aromatic heterocycles. The Kier molecular flexibility index (Phi) is 4.75. The molecule has 0 spiro atoms. The maximum Gasteiger partial charge on any atom is 0.124 e. The van der Waals surface area contributed by atoms with Gasteiger partial charge in [-0.3, -0.25) is 0 Å². The van der Waals surface area contributed by atoms with Crippen LogP contribution < -0.4 is 0 Å². The molecule has 0 radical (unpaired) electrons. The van der Waals surface area contributed by atoms with Gasteiger partial charge in [-0.2, -0.15) is 0 Å². The zero-order valence-corrected chi connectivity index (χ0v) is 13.4. The van der Waals surface area contributed by atoms with Crippen LogP contribution in [0.5, 0.6) is 0 Å². The molecule has 1 unspecified atom stereocenters. The van der Waals surface area contributed by atoms with Gasteiger partial charge in [0.05, 0.1) is 5.38 Å². The van der Waals surface area contributed by atoms with Crippen molar-refractivity contribution in [3.8, 4) is 0 Å². The predicted octanol–water partition coefficient (Wildman–Crippen LogP) is 6.07. The van der Waals surface area contributed by atoms with Crippen LogP contribution in [0, 0.1) is 9.39 Å². The monoisotopic (exact) mass is 414 g/mol. The molecule has 5 heteroatoms. The largest absolute Gasteiger partial charge is 0.207 e. The molecule has 0 saturated heterocycles. The van der Waals surface area contributed by atoms with E-state index in [0.717, 1.165) is 14.7 Å². The van der Waals surface area contributed by atoms with Crippen LogP contribution in [0.3, 0.4) is 0 Å². The highest BCUT2D eigenvalue weighted by Gasteiger charge is 2.17. The Morgan fingerprint density at radius 2 is 1.67 bits per heavy atom. The summed E-state index contributed by atoms with van der Waals surface area (Å²) < 4.78 is 13.8. The van der Waals surface area contributed by atoms with E-state index in [1.807, 2.05) is 0 Å². The number of hydrogen-bond donors (Lipinski definition) is 0. The van der Waals surface area contributed by atoms with Crippen LogP contribution in [0.15, 0.2) is 36.4 Å². The Labute approximate surface area is 133 Å². The first kappa shape index (κ1) is 14.4. The summed E-state index contributed by atoms with van der Waals surface area (Å²) in [6.45, 7) is 0. The third-order valence-corrected chi connectivity index (χ3v) is 4.44. The molecule has 0 nitrogen and oxygen atoms in total. The standard InChI is InChI=1S/C13H7Cl3FI/c14-7-1-3-9(11(15)5-7)13(16)10-4-2-8(17)6-12(10)18/h1-6,13H. The van der Waals surface area contributed by atoms with Crippen LogP contribution in [0.4, 0.5) is 4.39 Å². The zero-order chi connectivity index (χ0) is 13.3. The second kappa shape index (κ2) is 5.95. The van der Waals surface area contributed by atoms with E-state index < -0.39 is 5.38 Å². The van der Waals surface area contributed by atoms with Crippen molar-refractivity contribution >= 4 is 57.4 Å². The minimum atomic E-state index is -0.428. The topological polar surface area (TPSA) is 0 Å². The van der Waals surface area contributed by atoms with Crippen molar-refractivity contribution in [2.75, 3.05) is 0 Å². The minimum absolute atomic E-state index is 0.283. The normalized spacial score (nSPS) is 12.5. The summed E-state index contributed by atoms with van der Waals surface area (Å²) in [5.41, 5.74) is 1.58. The van der Waals surface area contributed by atoms with Gasteiger partial charge >= 0.3 is 0 Å². The molecule has 0 aliphatic rings. The predicted molar refractivity (Wildman–Crippen MR) is 83.3 cm³/mol. The van der Waals surface area contributed by atoms with Gasteiger partial charge in [-0.25, -0.2) is 4.39 Å². The van der Waals surface area contributed by atoms with E-state index >= 15 is 0 Å². The van der Waals surface area contributed by atoms with Crippen LogP contribution in [0.25, 0.3) is 0 Å². The van der Waals surface area contributed by atoms with Crippen LogP contribution in [-0.2, 0) is 0 Å². The number of alkyl halides is 1. The molecule has 2 aromatic carbocycles. The van der Waals surface area contributed by atoms with E-state index in [4.69, 9.17) is 34.8 Å². The smallest absolute Gasteiger partial charge is 0.124 e. The van der Waals surface area contributed by atoms with E-state index in [0.29, 0.717) is 10.0 Å². The van der Waals surface area contributed by atoms with E-state index in [1.54, 1.807) is 24.3 Å². The SMILES string of the molecule is Fc1ccc(C(Cl)c2ccc(Cl)cc2Cl)c(I)c1. The Morgan fingerprint density at radius 1 is 1.00 bits per heavy atom. The van der Waals surface area contributed by atoms with Crippen LogP contribution in [-0.4, -0.2) is 0 Å². The average Bonchev–Trinajstić information content (AvgIpc) is 2.28. The zero-order valence-electron chi connectivity index (χ0n) is 8.93. The van der Waals surface area contributed by atoms with Gasteiger partial charge in [0.1, 0.15) is 5.82 Å². The van der Waals surface area contributed by atoms with E-state index in [1.165, 1.54) is 12.1 Å². The fraction of sp³-hybridized carbons (Fsp3) is 0.0769. The maximum absolute atomic E-state index is 13.1. The van der Waals surface area contributed by atoms with Gasteiger partial charge < -0.3 is 0 Å². The molecule has 2 aromatic rings. The fourth-order valence-corrected chi connectivity index (χ4v) is 3.51. The van der Waals surface area contributed by atoms with Crippen molar-refractivity contribution in [1.82, 2.24) is 0 Å². The first-order chi connectivity index (χ1) is 8.49. The quantitative estimate of drug-likeness (QED) is 0.413. The molecule has 1 atom stereocenters. The Hall–Kier alpha value is -0.0300. The Bertz CT molecular complexity index is 535. The summed E-state index contributed by atoms with van der Waals surface area (Å²) in [5, 5.41) is 0.631. The van der Waals surface area contributed by atoms with Crippen molar-refractivity contribution in [3.05, 3.63) is 67.0 Å². The summed E-state index contributed by atoms with van der Waals surface area (Å²) in [6, 6.07) is 9.64. The molecule has 0 heterocycles. The third kappa shape index (κ3) is 3.10. The number of hydrogen-bond acceptors (Lipinski definition) is 0. The lowest BCUT2D eigenvalue weighted by molar-refractivity contribution is 0.626. The highest BCUT2D eigenvalue weighted by Crippen LogP contribution is 2.36. The van der Waals surface area contributed by atoms with Gasteiger partial charge in [0.15, 0.2) is 0 Å². The van der Waals surface area contributed by atoms with Crippen molar-refractivity contribution < 1.29 is 4.39 Å². The molecule has 0 aliphatic carbocycles. The first-order valence-electron chi connectivity index (χ1n) is 5.03. The number of rotatable bonds is 2. The van der Waals surface area contributed by atoms with Gasteiger partial charge in [0.2, 0.25) is 0 Å². The van der Waals surface area contributed by atoms with Crippen molar-refractivity contribution in [3.63, 3.8) is 0 Å². The second-order valence-electron chi connectivity index (χ2n) is 3.69. The molecule has 0 bridgehead atoms. The fourth-order valence-electron chi connectivity index (χ4n) is 1.58. The van der Waals surface area contributed by atoms with Crippen molar-refractivity contribution in [2.45, 2.75) is 5.38 Å². The highest BCUT2D eigenvalue weighted by atomic mass is 127. The van der Waals surface area contributed by atoms with Gasteiger partial charge in [-0.05, 0) is 58.0 Å². The Balaban J connectivity index is 2.44. The van der Waals surface area contributed by atoms with Crippen LogP contribution in [0.2, 0.25) is 10.0 Å². The molecular weight excluding hydrogens is 408 g/mol. The van der Waals surface area contributed by atoms with Crippen molar-refractivity contribution in [2.24, 2.45) is 0 Å². The summed E-state index contributed by atoms with van der Waals surface area (Å²) in [6.07, 6.45) is 0. The number of halogens is 5. The third-order valence-electron chi connectivity index (χ3n) is 2.47. The molecule has 0 N–H and O–H groups in total. The van der Waals surface area contributed by atoms with Gasteiger partial charge in [0, 0.05) is 13.6 Å². The lowest BCUT2D eigenvalue weighted by Crippen LogP contribution is -1.98. The van der Waals surface area contributed by atoms with Crippen LogP contribution in [0.1, 0.15) is 16.5 Å². The number of benzene rings is 2. The van der Waals surface area contributed by atoms with E-state index in [2.05, 4.69) is 22.6 Å². The second-order valence-corrected chi connectivity index (χ2v) is 6.14.